The zero-order valence-electron chi connectivity index (χ0n) is 14.5. The molecule has 5 nitrogen and oxygen atoms in total. The first kappa shape index (κ1) is 19.9. The topological polar surface area (TPSA) is 62.3 Å². The van der Waals surface area contributed by atoms with E-state index in [2.05, 4.69) is 10.3 Å². The minimum Gasteiger partial charge on any atom is -0.330 e. The molecule has 2 aromatic rings. The Kier molecular flexibility index (Phi) is 6.01. The van der Waals surface area contributed by atoms with Crippen LogP contribution in [0.3, 0.4) is 0 Å². The highest BCUT2D eigenvalue weighted by Crippen LogP contribution is 2.29. The molecule has 1 aromatic carbocycles. The molecule has 9 heteroatoms. The summed E-state index contributed by atoms with van der Waals surface area (Å²) in [5.41, 5.74) is 0.0800. The molecule has 0 bridgehead atoms. The Balaban J connectivity index is 2.04. The Morgan fingerprint density at radius 1 is 1.19 bits per heavy atom. The predicted molar refractivity (Wildman–Crippen MR) is 93.2 cm³/mol. The van der Waals surface area contributed by atoms with Gasteiger partial charge in [0.05, 0.1) is 11.3 Å². The summed E-state index contributed by atoms with van der Waals surface area (Å²) in [6.07, 6.45) is -4.46. The number of benzene rings is 1. The summed E-state index contributed by atoms with van der Waals surface area (Å²) in [6.45, 7) is 5.42. The summed E-state index contributed by atoms with van der Waals surface area (Å²) in [4.78, 5) is 31.0. The summed E-state index contributed by atoms with van der Waals surface area (Å²) in [5.74, 6) is -0.927. The summed E-state index contributed by atoms with van der Waals surface area (Å²) in [6, 6.07) is 3.92. The summed E-state index contributed by atoms with van der Waals surface area (Å²) in [7, 11) is 0. The molecule has 140 valence electrons. The molecule has 0 aliphatic carbocycles. The lowest BCUT2D eigenvalue weighted by Gasteiger charge is -2.20. The summed E-state index contributed by atoms with van der Waals surface area (Å²) in [5, 5.41) is 3.08. The van der Waals surface area contributed by atoms with Crippen LogP contribution in [0.2, 0.25) is 0 Å². The minimum atomic E-state index is -4.46. The summed E-state index contributed by atoms with van der Waals surface area (Å²) >= 11 is 1.33. The van der Waals surface area contributed by atoms with Crippen molar-refractivity contribution in [3.63, 3.8) is 0 Å². The number of hydrogen-bond donors (Lipinski definition) is 1. The van der Waals surface area contributed by atoms with E-state index in [1.54, 1.807) is 6.92 Å². The molecular formula is C17H18F3N3O2S. The smallest absolute Gasteiger partial charge is 0.330 e. The number of thiazole rings is 1. The zero-order valence-corrected chi connectivity index (χ0v) is 15.3. The van der Waals surface area contributed by atoms with E-state index in [9.17, 15) is 22.8 Å². The highest BCUT2D eigenvalue weighted by atomic mass is 32.1. The van der Waals surface area contributed by atoms with Crippen molar-refractivity contribution in [1.29, 1.82) is 0 Å². The van der Waals surface area contributed by atoms with Gasteiger partial charge in [-0.25, -0.2) is 4.98 Å². The van der Waals surface area contributed by atoms with Gasteiger partial charge in [0.25, 0.3) is 5.91 Å². The lowest BCUT2D eigenvalue weighted by atomic mass is 10.1. The van der Waals surface area contributed by atoms with E-state index >= 15 is 0 Å². The third-order valence-corrected chi connectivity index (χ3v) is 4.73. The van der Waals surface area contributed by atoms with E-state index in [-0.39, 0.29) is 18.7 Å². The number of carbonyl (C=O) groups excluding carboxylic acids is 2. The first-order valence-corrected chi connectivity index (χ1v) is 8.64. The van der Waals surface area contributed by atoms with Crippen LogP contribution in [-0.2, 0) is 11.0 Å². The van der Waals surface area contributed by atoms with Crippen LogP contribution in [0.15, 0.2) is 24.3 Å². The fourth-order valence-electron chi connectivity index (χ4n) is 2.17. The number of aryl methyl sites for hydroxylation is 2. The third kappa shape index (κ3) is 4.81. The maximum Gasteiger partial charge on any atom is 0.416 e. The zero-order chi connectivity index (χ0) is 19.5. The summed E-state index contributed by atoms with van der Waals surface area (Å²) < 4.78 is 37.8. The highest BCUT2D eigenvalue weighted by Gasteiger charge is 2.30. The second kappa shape index (κ2) is 7.86. The van der Waals surface area contributed by atoms with Crippen molar-refractivity contribution in [1.82, 2.24) is 9.88 Å². The maximum atomic E-state index is 12.6. The van der Waals surface area contributed by atoms with Gasteiger partial charge >= 0.3 is 6.18 Å². The molecule has 2 rings (SSSR count). The van der Waals surface area contributed by atoms with Crippen LogP contribution in [0, 0.1) is 13.8 Å². The number of anilines is 1. The molecule has 0 spiro atoms. The molecule has 0 aliphatic heterocycles. The molecule has 0 saturated carbocycles. The van der Waals surface area contributed by atoms with Crippen LogP contribution in [-0.4, -0.2) is 34.8 Å². The van der Waals surface area contributed by atoms with Crippen LogP contribution < -0.4 is 5.32 Å². The number of carbonyl (C=O) groups is 2. The van der Waals surface area contributed by atoms with Gasteiger partial charge in [-0.2, -0.15) is 13.2 Å². The number of likely N-dealkylation sites (N-methyl/N-ethyl adjacent to an activating group) is 1. The standard InChI is InChI=1S/C17H18F3N3O2S/c1-4-23(9-14(24)22-16-21-10(2)11(3)26-16)15(25)12-5-7-13(8-6-12)17(18,19)20/h5-8H,4,9H2,1-3H3,(H,21,22,24). The van der Waals surface area contributed by atoms with Gasteiger partial charge in [0.2, 0.25) is 5.91 Å². The number of rotatable bonds is 5. The van der Waals surface area contributed by atoms with Gasteiger partial charge in [0, 0.05) is 17.0 Å². The van der Waals surface area contributed by atoms with Gasteiger partial charge in [0.15, 0.2) is 5.13 Å². The number of alkyl halides is 3. The third-order valence-electron chi connectivity index (χ3n) is 3.74. The largest absolute Gasteiger partial charge is 0.416 e. The molecule has 0 unspecified atom stereocenters. The lowest BCUT2D eigenvalue weighted by Crippen LogP contribution is -2.37. The van der Waals surface area contributed by atoms with Crippen molar-refractivity contribution < 1.29 is 22.8 Å². The highest BCUT2D eigenvalue weighted by molar-refractivity contribution is 7.15. The molecule has 0 fully saturated rings. The van der Waals surface area contributed by atoms with E-state index in [1.807, 2.05) is 13.8 Å². The fourth-order valence-corrected chi connectivity index (χ4v) is 3.00. The van der Waals surface area contributed by atoms with E-state index < -0.39 is 23.6 Å². The first-order chi connectivity index (χ1) is 12.1. The van der Waals surface area contributed by atoms with Crippen LogP contribution >= 0.6 is 11.3 Å². The van der Waals surface area contributed by atoms with E-state index in [1.165, 1.54) is 16.2 Å². The van der Waals surface area contributed by atoms with Crippen LogP contribution in [0.5, 0.6) is 0 Å². The maximum absolute atomic E-state index is 12.6. The number of nitrogens with one attached hydrogen (secondary N) is 1. The number of amides is 2. The molecule has 0 atom stereocenters. The van der Waals surface area contributed by atoms with E-state index in [0.29, 0.717) is 5.13 Å². The SMILES string of the molecule is CCN(CC(=O)Nc1nc(C)c(C)s1)C(=O)c1ccc(C(F)(F)F)cc1. The minimum absolute atomic E-state index is 0.0913. The van der Waals surface area contributed by atoms with Gasteiger partial charge in [-0.15, -0.1) is 11.3 Å². The van der Waals surface area contributed by atoms with E-state index in [0.717, 1.165) is 34.8 Å². The number of hydrogen-bond acceptors (Lipinski definition) is 4. The van der Waals surface area contributed by atoms with Gasteiger partial charge < -0.3 is 10.2 Å². The van der Waals surface area contributed by atoms with E-state index in [4.69, 9.17) is 0 Å². The van der Waals surface area contributed by atoms with Crippen molar-refractivity contribution >= 4 is 28.3 Å². The molecule has 0 aliphatic rings. The van der Waals surface area contributed by atoms with Crippen molar-refractivity contribution in [2.75, 3.05) is 18.4 Å². The fraction of sp³-hybridized carbons (Fsp3) is 0.353. The van der Waals surface area contributed by atoms with Crippen molar-refractivity contribution in [3.8, 4) is 0 Å². The Bertz CT molecular complexity index is 781. The molecule has 2 amide bonds. The average molecular weight is 385 g/mol. The monoisotopic (exact) mass is 385 g/mol. The van der Waals surface area contributed by atoms with Gasteiger partial charge in [0.1, 0.15) is 6.54 Å². The average Bonchev–Trinajstić information content (AvgIpc) is 2.88. The van der Waals surface area contributed by atoms with Gasteiger partial charge in [-0.05, 0) is 45.0 Å². The Morgan fingerprint density at radius 3 is 2.27 bits per heavy atom. The quantitative estimate of drug-likeness (QED) is 0.850. The molecule has 1 heterocycles. The molecule has 0 radical (unpaired) electrons. The number of nitrogens with zero attached hydrogens (tertiary/aromatic N) is 2. The second-order valence-electron chi connectivity index (χ2n) is 5.60. The van der Waals surface area contributed by atoms with Crippen LogP contribution in [0.4, 0.5) is 18.3 Å². The Labute approximate surface area is 152 Å². The molecule has 1 aromatic heterocycles. The normalized spacial score (nSPS) is 11.3. The Morgan fingerprint density at radius 2 is 1.81 bits per heavy atom. The lowest BCUT2D eigenvalue weighted by molar-refractivity contribution is -0.137. The molecule has 1 N–H and O–H groups in total. The Hall–Kier alpha value is -2.42. The molecule has 26 heavy (non-hydrogen) atoms. The first-order valence-electron chi connectivity index (χ1n) is 7.82. The van der Waals surface area contributed by atoms with Crippen molar-refractivity contribution in [3.05, 3.63) is 46.0 Å². The number of halogens is 3. The molecule has 0 saturated heterocycles. The molecular weight excluding hydrogens is 367 g/mol. The second-order valence-corrected chi connectivity index (χ2v) is 6.81. The van der Waals surface area contributed by atoms with Crippen molar-refractivity contribution in [2.24, 2.45) is 0 Å². The van der Waals surface area contributed by atoms with Crippen LogP contribution in [0.1, 0.15) is 33.4 Å². The predicted octanol–water partition coefficient (Wildman–Crippen LogP) is 3.88. The van der Waals surface area contributed by atoms with Crippen molar-refractivity contribution in [2.45, 2.75) is 26.9 Å². The number of aromatic nitrogens is 1. The van der Waals surface area contributed by atoms with Crippen LogP contribution in [0.25, 0.3) is 0 Å². The van der Waals surface area contributed by atoms with Gasteiger partial charge in [-0.1, -0.05) is 0 Å². The van der Waals surface area contributed by atoms with Gasteiger partial charge in [-0.3, -0.25) is 9.59 Å².